The number of hydrogen-bond donors (Lipinski definition) is 2. The van der Waals surface area contributed by atoms with Crippen LogP contribution in [0.2, 0.25) is 0 Å². The number of benzene rings is 2. The van der Waals surface area contributed by atoms with E-state index in [9.17, 15) is 15.0 Å². The SMILES string of the molecule is C#Cc1c(F)ccc2cc(O)cc(-c3nc(OC)c4c(N5CCOC[C@@](C)(O)C5)nc(OC[C@]56CCC[C@H]5N(CC5CCN(C(=O)CC)CC5)CCC6)nc4c3F)c12. The number of likely N-dealkylation sites (tertiary alicyclic amines) is 2. The fourth-order valence-electron chi connectivity index (χ4n) is 10.0. The first kappa shape index (κ1) is 40.0. The molecule has 3 aliphatic heterocycles. The topological polar surface area (TPSA) is 134 Å². The number of piperidine rings is 2. The molecule has 2 aromatic heterocycles. The van der Waals surface area contributed by atoms with Gasteiger partial charge in [0, 0.05) is 55.0 Å². The minimum Gasteiger partial charge on any atom is -0.508 e. The number of methoxy groups -OCH3 is 1. The Kier molecular flexibility index (Phi) is 11.1. The zero-order chi connectivity index (χ0) is 40.8. The maximum absolute atomic E-state index is 17.4. The quantitative estimate of drug-likeness (QED) is 0.191. The number of amides is 1. The van der Waals surface area contributed by atoms with Crippen molar-refractivity contribution in [3.05, 3.63) is 41.5 Å². The van der Waals surface area contributed by atoms with Crippen molar-refractivity contribution in [2.75, 3.05) is 71.1 Å². The molecule has 2 N–H and O–H groups in total. The first-order valence-electron chi connectivity index (χ1n) is 20.5. The first-order chi connectivity index (χ1) is 27.9. The third-order valence-electron chi connectivity index (χ3n) is 12.8. The van der Waals surface area contributed by atoms with E-state index in [1.165, 1.54) is 31.4 Å². The van der Waals surface area contributed by atoms with Crippen LogP contribution in [-0.4, -0.2) is 119 Å². The molecule has 1 amide bonds. The second kappa shape index (κ2) is 16.1. The van der Waals surface area contributed by atoms with Crippen LogP contribution in [-0.2, 0) is 9.53 Å². The number of anilines is 1. The number of phenols is 1. The monoisotopic (exact) mass is 798 g/mol. The Balaban J connectivity index is 1.18. The van der Waals surface area contributed by atoms with Gasteiger partial charge in [0.1, 0.15) is 39.6 Å². The van der Waals surface area contributed by atoms with E-state index < -0.39 is 17.2 Å². The maximum atomic E-state index is 17.4. The van der Waals surface area contributed by atoms with E-state index in [1.807, 2.05) is 11.8 Å². The fraction of sp³-hybridized carbons (Fsp3) is 0.545. The number of aliphatic hydroxyl groups is 1. The molecule has 0 unspecified atom stereocenters. The van der Waals surface area contributed by atoms with Gasteiger partial charge in [-0.05, 0) is 81.5 Å². The van der Waals surface area contributed by atoms with E-state index in [-0.39, 0.29) is 87.6 Å². The first-order valence-corrected chi connectivity index (χ1v) is 20.5. The lowest BCUT2D eigenvalue weighted by Gasteiger charge is -2.47. The second-order valence-electron chi connectivity index (χ2n) is 16.8. The van der Waals surface area contributed by atoms with Crippen molar-refractivity contribution in [2.24, 2.45) is 11.3 Å². The highest BCUT2D eigenvalue weighted by atomic mass is 19.1. The van der Waals surface area contributed by atoms with Gasteiger partial charge in [-0.25, -0.2) is 13.8 Å². The minimum absolute atomic E-state index is 0.0184. The lowest BCUT2D eigenvalue weighted by Crippen LogP contribution is -2.54. The summed E-state index contributed by atoms with van der Waals surface area (Å²) < 4.78 is 50.7. The molecule has 4 aliphatic rings. The molecule has 4 aromatic rings. The Morgan fingerprint density at radius 3 is 2.62 bits per heavy atom. The zero-order valence-electron chi connectivity index (χ0n) is 33.5. The Labute approximate surface area is 337 Å². The average Bonchev–Trinajstić information content (AvgIpc) is 3.57. The van der Waals surface area contributed by atoms with E-state index in [1.54, 1.807) is 11.8 Å². The van der Waals surface area contributed by atoms with Crippen LogP contribution in [0.5, 0.6) is 17.6 Å². The number of rotatable bonds is 9. The number of nitrogens with zero attached hydrogens (tertiary/aromatic N) is 6. The number of carbonyl (C=O) groups is 1. The normalized spacial score (nSPS) is 24.5. The molecule has 1 aliphatic carbocycles. The summed E-state index contributed by atoms with van der Waals surface area (Å²) >= 11 is 0. The average molecular weight is 799 g/mol. The van der Waals surface area contributed by atoms with Crippen molar-refractivity contribution in [3.8, 4) is 41.2 Å². The highest BCUT2D eigenvalue weighted by Gasteiger charge is 2.49. The lowest BCUT2D eigenvalue weighted by molar-refractivity contribution is -0.132. The van der Waals surface area contributed by atoms with Crippen LogP contribution in [0.3, 0.4) is 0 Å². The summed E-state index contributed by atoms with van der Waals surface area (Å²) in [6, 6.07) is 5.66. The molecule has 5 heterocycles. The van der Waals surface area contributed by atoms with E-state index >= 15 is 8.78 Å². The number of aromatic nitrogens is 3. The largest absolute Gasteiger partial charge is 0.508 e. The summed E-state index contributed by atoms with van der Waals surface area (Å²) in [4.78, 5) is 33.0. The van der Waals surface area contributed by atoms with Crippen LogP contribution in [0.25, 0.3) is 32.9 Å². The van der Waals surface area contributed by atoms with Gasteiger partial charge in [0.25, 0.3) is 0 Å². The number of phenolic OH excluding ortho intramolecular Hbond substituents is 1. The number of pyridine rings is 1. The molecule has 8 rings (SSSR count). The van der Waals surface area contributed by atoms with Crippen molar-refractivity contribution in [1.29, 1.82) is 0 Å². The molecule has 58 heavy (non-hydrogen) atoms. The summed E-state index contributed by atoms with van der Waals surface area (Å²) in [7, 11) is 1.40. The van der Waals surface area contributed by atoms with E-state index in [0.717, 1.165) is 71.1 Å². The predicted molar refractivity (Wildman–Crippen MR) is 216 cm³/mol. The van der Waals surface area contributed by atoms with Gasteiger partial charge in [0.15, 0.2) is 5.82 Å². The molecule has 0 radical (unpaired) electrons. The van der Waals surface area contributed by atoms with Crippen LogP contribution in [0.4, 0.5) is 14.6 Å². The Morgan fingerprint density at radius 1 is 1.07 bits per heavy atom. The van der Waals surface area contributed by atoms with Gasteiger partial charge < -0.3 is 34.2 Å². The molecule has 1 saturated carbocycles. The van der Waals surface area contributed by atoms with Gasteiger partial charge in [-0.3, -0.25) is 9.69 Å². The van der Waals surface area contributed by atoms with Gasteiger partial charge in [0.05, 0.1) is 39.0 Å². The second-order valence-corrected chi connectivity index (χ2v) is 16.8. The van der Waals surface area contributed by atoms with Gasteiger partial charge in [0.2, 0.25) is 11.8 Å². The van der Waals surface area contributed by atoms with Crippen LogP contribution >= 0.6 is 0 Å². The molecule has 3 atom stereocenters. The van der Waals surface area contributed by atoms with E-state index in [0.29, 0.717) is 36.9 Å². The zero-order valence-corrected chi connectivity index (χ0v) is 33.5. The van der Waals surface area contributed by atoms with Crippen molar-refractivity contribution < 1.29 is 38.0 Å². The number of aromatic hydroxyl groups is 1. The van der Waals surface area contributed by atoms with Crippen molar-refractivity contribution in [2.45, 2.75) is 76.9 Å². The fourth-order valence-corrected chi connectivity index (χ4v) is 10.0. The standard InChI is InChI=1S/C44H52F2N6O6/c1-5-30-32(45)11-10-28-21-29(53)22-31(35(28)30)38-37(46)39-36(41(47-38)56-4)40(52-19-20-57-25-43(3,55)24-52)49-42(48-39)58-26-44-14-7-9-33(44)51(16-8-15-44)23-27-12-17-50(18-13-27)34(54)6-2/h1,10-11,21-22,27,33,53,55H,6-9,12-20,23-26H2,2-4H3/t33-,43+,44-/m1/s1. The van der Waals surface area contributed by atoms with Crippen molar-refractivity contribution >= 4 is 33.4 Å². The minimum atomic E-state index is -1.26. The summed E-state index contributed by atoms with van der Waals surface area (Å²) in [6.07, 6.45) is 13.4. The summed E-state index contributed by atoms with van der Waals surface area (Å²) in [5.41, 5.74) is -1.85. The predicted octanol–water partition coefficient (Wildman–Crippen LogP) is 6.07. The van der Waals surface area contributed by atoms with Gasteiger partial charge in [-0.2, -0.15) is 9.97 Å². The molecule has 308 valence electrons. The van der Waals surface area contributed by atoms with E-state index in [2.05, 4.69) is 15.8 Å². The Hall–Kier alpha value is -4.84. The molecule has 2 aromatic carbocycles. The molecule has 0 spiro atoms. The molecular formula is C44H52F2N6O6. The summed E-state index contributed by atoms with van der Waals surface area (Å²) in [5, 5.41) is 22.7. The molecule has 4 fully saturated rings. The number of terminal acetylenes is 1. The molecule has 14 heteroatoms. The van der Waals surface area contributed by atoms with Crippen LogP contribution in [0, 0.1) is 35.3 Å². The third kappa shape index (κ3) is 7.48. The number of fused-ring (bicyclic) bond motifs is 3. The van der Waals surface area contributed by atoms with Crippen molar-refractivity contribution in [1.82, 2.24) is 24.8 Å². The van der Waals surface area contributed by atoms with Crippen LogP contribution in [0.15, 0.2) is 24.3 Å². The number of β-amino-alcohol motifs (C(OH)–C–C–N with tert-alkyl or cyclic N) is 1. The Morgan fingerprint density at radius 2 is 1.86 bits per heavy atom. The third-order valence-corrected chi connectivity index (χ3v) is 12.8. The highest BCUT2D eigenvalue weighted by Crippen LogP contribution is 2.49. The number of carbonyl (C=O) groups excluding carboxylic acids is 1. The molecule has 3 saturated heterocycles. The summed E-state index contributed by atoms with van der Waals surface area (Å²) in [6.45, 7) is 8.36. The van der Waals surface area contributed by atoms with Crippen molar-refractivity contribution in [3.63, 3.8) is 0 Å². The van der Waals surface area contributed by atoms with Gasteiger partial charge in [-0.1, -0.05) is 25.3 Å². The molecule has 0 bridgehead atoms. The van der Waals surface area contributed by atoms with Crippen LogP contribution in [0.1, 0.15) is 70.8 Å². The van der Waals surface area contributed by atoms with Crippen LogP contribution < -0.4 is 14.4 Å². The van der Waals surface area contributed by atoms with E-state index in [4.69, 9.17) is 30.6 Å². The number of hydrogen-bond acceptors (Lipinski definition) is 11. The Bertz CT molecular complexity index is 2260. The van der Waals surface area contributed by atoms with Gasteiger partial charge >= 0.3 is 6.01 Å². The smallest absolute Gasteiger partial charge is 0.319 e. The summed E-state index contributed by atoms with van der Waals surface area (Å²) in [5.74, 6) is 1.64. The number of ether oxygens (including phenoxy) is 3. The van der Waals surface area contributed by atoms with Gasteiger partial charge in [-0.15, -0.1) is 6.42 Å². The highest BCUT2D eigenvalue weighted by molar-refractivity contribution is 6.04. The lowest BCUT2D eigenvalue weighted by atomic mass is 9.75. The molecule has 12 nitrogen and oxygen atoms in total. The number of halogens is 2. The maximum Gasteiger partial charge on any atom is 0.319 e. The molecular weight excluding hydrogens is 747 g/mol.